The Labute approximate surface area is 167 Å². The van der Waals surface area contributed by atoms with Crippen molar-refractivity contribution in [2.24, 2.45) is 0 Å². The molecule has 0 fully saturated rings. The van der Waals surface area contributed by atoms with Crippen molar-refractivity contribution in [3.8, 4) is 17.2 Å². The van der Waals surface area contributed by atoms with Gasteiger partial charge in [0.25, 0.3) is 0 Å². The molecule has 0 atom stereocenters. The first kappa shape index (κ1) is 20.1. The van der Waals surface area contributed by atoms with Gasteiger partial charge in [0.1, 0.15) is 25.6 Å². The van der Waals surface area contributed by atoms with Crippen molar-refractivity contribution in [2.75, 3.05) is 26.4 Å². The number of benzene rings is 2. The molecule has 0 saturated heterocycles. The summed E-state index contributed by atoms with van der Waals surface area (Å²) in [5, 5.41) is 2.90. The van der Waals surface area contributed by atoms with E-state index in [1.54, 1.807) is 0 Å². The second-order valence-electron chi connectivity index (χ2n) is 7.95. The lowest BCUT2D eigenvalue weighted by Gasteiger charge is -2.19. The summed E-state index contributed by atoms with van der Waals surface area (Å²) in [4.78, 5) is 12.0. The number of aryl methyl sites for hydroxylation is 1. The highest BCUT2D eigenvalue weighted by Crippen LogP contribution is 2.31. The molecule has 0 saturated carbocycles. The lowest BCUT2D eigenvalue weighted by atomic mass is 9.87. The number of carbonyl (C=O) groups is 1. The third-order valence-corrected chi connectivity index (χ3v) is 4.66. The molecule has 1 N–H and O–H groups in total. The molecule has 150 valence electrons. The number of ether oxygens (including phenoxy) is 3. The van der Waals surface area contributed by atoms with E-state index in [1.165, 1.54) is 5.56 Å². The summed E-state index contributed by atoms with van der Waals surface area (Å²) in [7, 11) is 0. The molecule has 3 rings (SSSR count). The van der Waals surface area contributed by atoms with Crippen molar-refractivity contribution in [1.29, 1.82) is 0 Å². The van der Waals surface area contributed by atoms with Gasteiger partial charge in [-0.1, -0.05) is 39.0 Å². The number of amides is 1. The molecular formula is C23H29NO4. The van der Waals surface area contributed by atoms with E-state index in [0.29, 0.717) is 39.2 Å². The molecule has 2 aromatic carbocycles. The molecule has 0 unspecified atom stereocenters. The molecular weight excluding hydrogens is 354 g/mol. The lowest BCUT2D eigenvalue weighted by Crippen LogP contribution is -2.28. The Morgan fingerprint density at radius 3 is 2.46 bits per heavy atom. The van der Waals surface area contributed by atoms with Gasteiger partial charge in [0.2, 0.25) is 5.91 Å². The number of rotatable bonds is 7. The van der Waals surface area contributed by atoms with E-state index >= 15 is 0 Å². The third kappa shape index (κ3) is 5.65. The van der Waals surface area contributed by atoms with E-state index in [2.05, 4.69) is 38.2 Å². The summed E-state index contributed by atoms with van der Waals surface area (Å²) >= 11 is 0. The fraction of sp³-hybridized carbons (Fsp3) is 0.435. The van der Waals surface area contributed by atoms with Crippen molar-refractivity contribution in [1.82, 2.24) is 5.32 Å². The highest BCUT2D eigenvalue weighted by Gasteiger charge is 2.13. The van der Waals surface area contributed by atoms with Gasteiger partial charge in [-0.25, -0.2) is 0 Å². The van der Waals surface area contributed by atoms with Crippen LogP contribution in [0.3, 0.4) is 0 Å². The normalized spacial score (nSPS) is 13.1. The van der Waals surface area contributed by atoms with Crippen LogP contribution in [-0.4, -0.2) is 32.3 Å². The molecule has 0 spiro atoms. The van der Waals surface area contributed by atoms with E-state index in [0.717, 1.165) is 22.8 Å². The first-order valence-corrected chi connectivity index (χ1v) is 9.80. The predicted octanol–water partition coefficient (Wildman–Crippen LogP) is 3.88. The van der Waals surface area contributed by atoms with Gasteiger partial charge in [0, 0.05) is 6.42 Å². The molecule has 0 bridgehead atoms. The minimum Gasteiger partial charge on any atom is -0.492 e. The van der Waals surface area contributed by atoms with Crippen LogP contribution in [0.5, 0.6) is 17.2 Å². The summed E-state index contributed by atoms with van der Waals surface area (Å²) in [5.41, 5.74) is 2.46. The first-order chi connectivity index (χ1) is 13.4. The van der Waals surface area contributed by atoms with Crippen LogP contribution >= 0.6 is 0 Å². The number of carbonyl (C=O) groups excluding carboxylic acids is 1. The van der Waals surface area contributed by atoms with Gasteiger partial charge >= 0.3 is 0 Å². The van der Waals surface area contributed by atoms with Crippen LogP contribution in [0.1, 0.15) is 38.3 Å². The Balaban J connectivity index is 1.36. The smallest absolute Gasteiger partial charge is 0.220 e. The highest BCUT2D eigenvalue weighted by molar-refractivity contribution is 5.76. The van der Waals surface area contributed by atoms with Crippen molar-refractivity contribution >= 4 is 5.91 Å². The zero-order valence-corrected chi connectivity index (χ0v) is 16.9. The molecule has 1 amide bonds. The Morgan fingerprint density at radius 1 is 1.04 bits per heavy atom. The van der Waals surface area contributed by atoms with Crippen molar-refractivity contribution in [2.45, 2.75) is 39.0 Å². The Hall–Kier alpha value is -2.69. The van der Waals surface area contributed by atoms with Crippen LogP contribution in [0.4, 0.5) is 0 Å². The Kier molecular flexibility index (Phi) is 6.45. The maximum absolute atomic E-state index is 12.0. The monoisotopic (exact) mass is 383 g/mol. The predicted molar refractivity (Wildman–Crippen MR) is 109 cm³/mol. The van der Waals surface area contributed by atoms with Gasteiger partial charge in [0.15, 0.2) is 11.5 Å². The van der Waals surface area contributed by atoms with E-state index in [4.69, 9.17) is 14.2 Å². The highest BCUT2D eigenvalue weighted by atomic mass is 16.6. The minimum absolute atomic E-state index is 0.0153. The fourth-order valence-corrected chi connectivity index (χ4v) is 3.00. The van der Waals surface area contributed by atoms with Crippen LogP contribution in [0, 0.1) is 0 Å². The topological polar surface area (TPSA) is 56.8 Å². The average molecular weight is 383 g/mol. The summed E-state index contributed by atoms with van der Waals surface area (Å²) in [6.45, 7) is 8.63. The molecule has 1 aliphatic heterocycles. The molecule has 0 aromatic heterocycles. The lowest BCUT2D eigenvalue weighted by molar-refractivity contribution is -0.121. The summed E-state index contributed by atoms with van der Waals surface area (Å²) in [6.07, 6.45) is 1.09. The third-order valence-electron chi connectivity index (χ3n) is 4.66. The van der Waals surface area contributed by atoms with Gasteiger partial charge in [-0.15, -0.1) is 0 Å². The van der Waals surface area contributed by atoms with Gasteiger partial charge in [-0.3, -0.25) is 4.79 Å². The summed E-state index contributed by atoms with van der Waals surface area (Å²) in [6, 6.07) is 14.0. The number of fused-ring (bicyclic) bond motifs is 1. The van der Waals surface area contributed by atoms with Crippen LogP contribution < -0.4 is 19.5 Å². The van der Waals surface area contributed by atoms with Crippen LogP contribution in [-0.2, 0) is 16.6 Å². The zero-order chi connectivity index (χ0) is 20.0. The minimum atomic E-state index is 0.0153. The number of nitrogens with one attached hydrogen (secondary N) is 1. The second kappa shape index (κ2) is 9.00. The van der Waals surface area contributed by atoms with Gasteiger partial charge < -0.3 is 19.5 Å². The molecule has 5 heteroatoms. The molecule has 1 heterocycles. The molecule has 0 radical (unpaired) electrons. The van der Waals surface area contributed by atoms with Gasteiger partial charge in [-0.05, 0) is 47.2 Å². The van der Waals surface area contributed by atoms with Crippen LogP contribution in [0.25, 0.3) is 0 Å². The zero-order valence-electron chi connectivity index (χ0n) is 16.9. The second-order valence-corrected chi connectivity index (χ2v) is 7.95. The van der Waals surface area contributed by atoms with Crippen molar-refractivity contribution in [3.05, 3.63) is 53.6 Å². The fourth-order valence-electron chi connectivity index (χ4n) is 3.00. The SMILES string of the molecule is CC(C)(C)c1ccc(OCCNC(=O)CCc2ccc3c(c2)OCCO3)cc1. The Bertz CT molecular complexity index is 793. The standard InChI is InChI=1S/C23H29NO4/c1-23(2,3)18-6-8-19(9-7-18)26-13-12-24-22(25)11-5-17-4-10-20-21(16-17)28-15-14-27-20/h4,6-10,16H,5,11-15H2,1-3H3,(H,24,25). The molecule has 0 aliphatic carbocycles. The number of hydrogen-bond acceptors (Lipinski definition) is 4. The van der Waals surface area contributed by atoms with E-state index in [-0.39, 0.29) is 11.3 Å². The van der Waals surface area contributed by atoms with Gasteiger partial charge in [-0.2, -0.15) is 0 Å². The van der Waals surface area contributed by atoms with Crippen LogP contribution in [0.15, 0.2) is 42.5 Å². The van der Waals surface area contributed by atoms with E-state index < -0.39 is 0 Å². The maximum Gasteiger partial charge on any atom is 0.220 e. The van der Waals surface area contributed by atoms with E-state index in [9.17, 15) is 4.79 Å². The van der Waals surface area contributed by atoms with Crippen molar-refractivity contribution in [3.63, 3.8) is 0 Å². The van der Waals surface area contributed by atoms with Crippen LogP contribution in [0.2, 0.25) is 0 Å². The number of hydrogen-bond donors (Lipinski definition) is 1. The molecule has 1 aliphatic rings. The Morgan fingerprint density at radius 2 is 1.75 bits per heavy atom. The average Bonchev–Trinajstić information content (AvgIpc) is 2.69. The van der Waals surface area contributed by atoms with Gasteiger partial charge in [0.05, 0.1) is 6.54 Å². The molecule has 5 nitrogen and oxygen atoms in total. The maximum atomic E-state index is 12.0. The first-order valence-electron chi connectivity index (χ1n) is 9.80. The van der Waals surface area contributed by atoms with Crippen molar-refractivity contribution < 1.29 is 19.0 Å². The largest absolute Gasteiger partial charge is 0.492 e. The quantitative estimate of drug-likeness (QED) is 0.737. The molecule has 2 aromatic rings. The summed E-state index contributed by atoms with van der Waals surface area (Å²) < 4.78 is 16.8. The van der Waals surface area contributed by atoms with E-state index in [1.807, 2.05) is 30.3 Å². The summed E-state index contributed by atoms with van der Waals surface area (Å²) in [5.74, 6) is 2.36. The molecule has 28 heavy (non-hydrogen) atoms.